The normalized spacial score (nSPS) is 15.2. The SMILES string of the molecule is COc1ccc(-c2ccc(F)cc2)c2cc3c(nc12)NC(=O)OC3(C)C. The van der Waals surface area contributed by atoms with E-state index in [9.17, 15) is 9.18 Å². The highest BCUT2D eigenvalue weighted by Crippen LogP contribution is 2.41. The third-order valence-corrected chi connectivity index (χ3v) is 4.54. The Morgan fingerprint density at radius 2 is 1.88 bits per heavy atom. The molecular weight excluding hydrogens is 335 g/mol. The monoisotopic (exact) mass is 352 g/mol. The van der Waals surface area contributed by atoms with E-state index >= 15 is 0 Å². The number of pyridine rings is 1. The summed E-state index contributed by atoms with van der Waals surface area (Å²) in [5.74, 6) is 0.750. The van der Waals surface area contributed by atoms with Crippen LogP contribution in [0.3, 0.4) is 0 Å². The lowest BCUT2D eigenvalue weighted by atomic mass is 9.92. The molecule has 0 atom stereocenters. The van der Waals surface area contributed by atoms with Crippen LogP contribution in [-0.4, -0.2) is 18.2 Å². The van der Waals surface area contributed by atoms with E-state index in [4.69, 9.17) is 9.47 Å². The molecule has 3 aromatic rings. The molecule has 0 spiro atoms. The molecule has 2 heterocycles. The summed E-state index contributed by atoms with van der Waals surface area (Å²) in [7, 11) is 1.57. The van der Waals surface area contributed by atoms with Crippen LogP contribution in [0.5, 0.6) is 5.75 Å². The Kier molecular flexibility index (Phi) is 3.57. The van der Waals surface area contributed by atoms with Crippen LogP contribution in [0.2, 0.25) is 0 Å². The zero-order chi connectivity index (χ0) is 18.5. The molecule has 4 rings (SSSR count). The smallest absolute Gasteiger partial charge is 0.413 e. The van der Waals surface area contributed by atoms with Crippen LogP contribution in [0.25, 0.3) is 22.0 Å². The fourth-order valence-corrected chi connectivity index (χ4v) is 3.24. The van der Waals surface area contributed by atoms with Crippen LogP contribution in [0.15, 0.2) is 42.5 Å². The number of carbonyl (C=O) groups is 1. The molecule has 6 heteroatoms. The number of fused-ring (bicyclic) bond motifs is 2. The van der Waals surface area contributed by atoms with E-state index in [-0.39, 0.29) is 5.82 Å². The Balaban J connectivity index is 2.03. The standard InChI is InChI=1S/C20H17FN2O3/c1-20(2)15-10-14-13(11-4-6-12(21)7-5-11)8-9-16(25-3)17(14)22-18(15)23-19(24)26-20/h4-10H,1-3H3,(H,22,23,24). The van der Waals surface area contributed by atoms with Crippen molar-refractivity contribution in [2.75, 3.05) is 12.4 Å². The molecule has 1 aliphatic heterocycles. The van der Waals surface area contributed by atoms with Gasteiger partial charge in [-0.15, -0.1) is 0 Å². The number of carbonyl (C=O) groups excluding carboxylic acids is 1. The molecule has 2 aromatic carbocycles. The first kappa shape index (κ1) is 16.3. The van der Waals surface area contributed by atoms with Gasteiger partial charge in [0.15, 0.2) is 0 Å². The van der Waals surface area contributed by atoms with Gasteiger partial charge in [-0.05, 0) is 55.3 Å². The molecular formula is C20H17FN2O3. The summed E-state index contributed by atoms with van der Waals surface area (Å²) in [5, 5.41) is 3.48. The van der Waals surface area contributed by atoms with Gasteiger partial charge in [-0.2, -0.15) is 0 Å². The number of hydrogen-bond donors (Lipinski definition) is 1. The Labute approximate surface area is 149 Å². The van der Waals surface area contributed by atoms with Crippen molar-refractivity contribution >= 4 is 22.8 Å². The lowest BCUT2D eigenvalue weighted by Gasteiger charge is -2.32. The number of hydrogen-bond acceptors (Lipinski definition) is 4. The molecule has 132 valence electrons. The third kappa shape index (κ3) is 2.54. The van der Waals surface area contributed by atoms with Crippen molar-refractivity contribution in [3.05, 3.63) is 53.8 Å². The number of aromatic nitrogens is 1. The summed E-state index contributed by atoms with van der Waals surface area (Å²) in [5.41, 5.74) is 2.32. The van der Waals surface area contributed by atoms with Gasteiger partial charge in [0.1, 0.15) is 28.5 Å². The van der Waals surface area contributed by atoms with Gasteiger partial charge in [-0.1, -0.05) is 12.1 Å². The van der Waals surface area contributed by atoms with Crippen LogP contribution in [0.1, 0.15) is 19.4 Å². The highest BCUT2D eigenvalue weighted by atomic mass is 19.1. The lowest BCUT2D eigenvalue weighted by molar-refractivity contribution is 0.0417. The number of amides is 1. The Hall–Kier alpha value is -3.15. The number of cyclic esters (lactones) is 1. The highest BCUT2D eigenvalue weighted by molar-refractivity contribution is 6.01. The molecule has 0 saturated heterocycles. The molecule has 0 aliphatic carbocycles. The van der Waals surface area contributed by atoms with E-state index in [1.165, 1.54) is 12.1 Å². The summed E-state index contributed by atoms with van der Waals surface area (Å²) in [6.45, 7) is 3.63. The summed E-state index contributed by atoms with van der Waals surface area (Å²) in [6.07, 6.45) is -0.539. The predicted molar refractivity (Wildman–Crippen MR) is 96.8 cm³/mol. The average Bonchev–Trinajstić information content (AvgIpc) is 2.59. The van der Waals surface area contributed by atoms with Crippen molar-refractivity contribution in [3.8, 4) is 16.9 Å². The molecule has 0 radical (unpaired) electrons. The summed E-state index contributed by atoms with van der Waals surface area (Å²) in [4.78, 5) is 16.4. The first-order valence-electron chi connectivity index (χ1n) is 8.17. The summed E-state index contributed by atoms with van der Waals surface area (Å²) >= 11 is 0. The van der Waals surface area contributed by atoms with Crippen molar-refractivity contribution in [2.24, 2.45) is 0 Å². The third-order valence-electron chi connectivity index (χ3n) is 4.54. The van der Waals surface area contributed by atoms with Crippen molar-refractivity contribution in [1.82, 2.24) is 4.98 Å². The summed E-state index contributed by atoms with van der Waals surface area (Å²) in [6, 6.07) is 12.0. The van der Waals surface area contributed by atoms with Gasteiger partial charge < -0.3 is 9.47 Å². The minimum atomic E-state index is -0.817. The Bertz CT molecular complexity index is 1030. The molecule has 0 fully saturated rings. The minimum absolute atomic E-state index is 0.292. The van der Waals surface area contributed by atoms with Crippen molar-refractivity contribution < 1.29 is 18.7 Å². The van der Waals surface area contributed by atoms with Crippen molar-refractivity contribution in [2.45, 2.75) is 19.4 Å². The minimum Gasteiger partial charge on any atom is -0.494 e. The maximum absolute atomic E-state index is 13.3. The molecule has 0 bridgehead atoms. The maximum atomic E-state index is 13.3. The van der Waals surface area contributed by atoms with Gasteiger partial charge in [-0.25, -0.2) is 14.2 Å². The summed E-state index contributed by atoms with van der Waals surface area (Å²) < 4.78 is 24.1. The molecule has 1 N–H and O–H groups in total. The lowest BCUT2D eigenvalue weighted by Crippen LogP contribution is -2.35. The maximum Gasteiger partial charge on any atom is 0.413 e. The van der Waals surface area contributed by atoms with Gasteiger partial charge >= 0.3 is 6.09 Å². The molecule has 1 aromatic heterocycles. The predicted octanol–water partition coefficient (Wildman–Crippen LogP) is 4.85. The second-order valence-electron chi connectivity index (χ2n) is 6.63. The Morgan fingerprint density at radius 3 is 2.58 bits per heavy atom. The number of nitrogens with zero attached hydrogens (tertiary/aromatic N) is 1. The number of methoxy groups -OCH3 is 1. The van der Waals surface area contributed by atoms with E-state index < -0.39 is 11.7 Å². The zero-order valence-corrected chi connectivity index (χ0v) is 14.6. The van der Waals surface area contributed by atoms with Crippen LogP contribution in [0, 0.1) is 5.82 Å². The van der Waals surface area contributed by atoms with Crippen LogP contribution in [-0.2, 0) is 10.3 Å². The number of nitrogens with one attached hydrogen (secondary N) is 1. The number of ether oxygens (including phenoxy) is 2. The highest BCUT2D eigenvalue weighted by Gasteiger charge is 2.35. The first-order valence-corrected chi connectivity index (χ1v) is 8.17. The first-order chi connectivity index (χ1) is 12.4. The number of rotatable bonds is 2. The second kappa shape index (κ2) is 5.69. The fraction of sp³-hybridized carbons (Fsp3) is 0.200. The van der Waals surface area contributed by atoms with E-state index in [1.807, 2.05) is 32.0 Å². The number of halogens is 1. The van der Waals surface area contributed by atoms with Gasteiger partial charge in [0.25, 0.3) is 0 Å². The van der Waals surface area contributed by atoms with E-state index in [1.54, 1.807) is 19.2 Å². The van der Waals surface area contributed by atoms with Crippen LogP contribution < -0.4 is 10.1 Å². The second-order valence-corrected chi connectivity index (χ2v) is 6.63. The van der Waals surface area contributed by atoms with Crippen molar-refractivity contribution in [3.63, 3.8) is 0 Å². The zero-order valence-electron chi connectivity index (χ0n) is 14.6. The molecule has 1 aliphatic rings. The van der Waals surface area contributed by atoms with Gasteiger partial charge in [0.2, 0.25) is 0 Å². The van der Waals surface area contributed by atoms with E-state index in [0.29, 0.717) is 17.1 Å². The topological polar surface area (TPSA) is 60.5 Å². The molecule has 0 saturated carbocycles. The quantitative estimate of drug-likeness (QED) is 0.716. The Morgan fingerprint density at radius 1 is 1.15 bits per heavy atom. The van der Waals surface area contributed by atoms with E-state index in [2.05, 4.69) is 10.3 Å². The van der Waals surface area contributed by atoms with Gasteiger partial charge in [0.05, 0.1) is 7.11 Å². The van der Waals surface area contributed by atoms with Crippen molar-refractivity contribution in [1.29, 1.82) is 0 Å². The number of benzene rings is 2. The van der Waals surface area contributed by atoms with Gasteiger partial charge in [0, 0.05) is 10.9 Å². The molecule has 5 nitrogen and oxygen atoms in total. The average molecular weight is 352 g/mol. The fourth-order valence-electron chi connectivity index (χ4n) is 3.24. The van der Waals surface area contributed by atoms with E-state index in [0.717, 1.165) is 22.1 Å². The molecule has 0 unspecified atom stereocenters. The molecule has 1 amide bonds. The van der Waals surface area contributed by atoms with Gasteiger partial charge in [-0.3, -0.25) is 5.32 Å². The van der Waals surface area contributed by atoms with Crippen LogP contribution in [0.4, 0.5) is 15.0 Å². The number of anilines is 1. The van der Waals surface area contributed by atoms with Crippen LogP contribution >= 0.6 is 0 Å². The molecule has 26 heavy (non-hydrogen) atoms. The largest absolute Gasteiger partial charge is 0.494 e.